The number of non-ortho nitro benzene ring substituents is 1. The van der Waals surface area contributed by atoms with E-state index < -0.39 is 10.9 Å². The number of carbonyl (C=O) groups is 1. The molecule has 0 aliphatic carbocycles. The van der Waals surface area contributed by atoms with Crippen LogP contribution < -0.4 is 4.90 Å². The van der Waals surface area contributed by atoms with E-state index in [0.717, 1.165) is 0 Å². The molecule has 0 saturated carbocycles. The Bertz CT molecular complexity index is 460. The third-order valence-electron chi connectivity index (χ3n) is 2.59. The van der Waals surface area contributed by atoms with Crippen LogP contribution in [0.2, 0.25) is 0 Å². The van der Waals surface area contributed by atoms with Crippen molar-refractivity contribution in [2.45, 2.75) is 20.3 Å². The van der Waals surface area contributed by atoms with Gasteiger partial charge >= 0.3 is 5.97 Å². The lowest BCUT2D eigenvalue weighted by molar-refractivity contribution is -0.384. The van der Waals surface area contributed by atoms with E-state index >= 15 is 0 Å². The fourth-order valence-corrected chi connectivity index (χ4v) is 1.80. The van der Waals surface area contributed by atoms with Crippen LogP contribution in [0.3, 0.4) is 0 Å². The molecule has 0 atom stereocenters. The molecule has 0 heterocycles. The SMILES string of the molecule is CC(C)CN(CCC(=O)O)c1cccc([N+](=O)[O-])c1. The second kappa shape index (κ2) is 6.72. The average molecular weight is 266 g/mol. The first kappa shape index (κ1) is 14.9. The van der Waals surface area contributed by atoms with Crippen LogP contribution in [-0.4, -0.2) is 29.1 Å². The lowest BCUT2D eigenvalue weighted by Crippen LogP contribution is -2.30. The minimum atomic E-state index is -0.876. The van der Waals surface area contributed by atoms with Gasteiger partial charge in [0.25, 0.3) is 5.69 Å². The van der Waals surface area contributed by atoms with Crippen LogP contribution in [0.5, 0.6) is 0 Å². The number of aliphatic carboxylic acids is 1. The Morgan fingerprint density at radius 2 is 2.16 bits per heavy atom. The van der Waals surface area contributed by atoms with Gasteiger partial charge in [-0.2, -0.15) is 0 Å². The van der Waals surface area contributed by atoms with Crippen molar-refractivity contribution in [1.82, 2.24) is 0 Å². The Morgan fingerprint density at radius 1 is 1.47 bits per heavy atom. The molecule has 1 N–H and O–H groups in total. The monoisotopic (exact) mass is 266 g/mol. The van der Waals surface area contributed by atoms with E-state index in [9.17, 15) is 14.9 Å². The molecule has 0 spiro atoms. The normalized spacial score (nSPS) is 10.5. The van der Waals surface area contributed by atoms with Crippen LogP contribution in [0.25, 0.3) is 0 Å². The van der Waals surface area contributed by atoms with E-state index in [2.05, 4.69) is 0 Å². The molecule has 0 amide bonds. The van der Waals surface area contributed by atoms with E-state index in [-0.39, 0.29) is 12.1 Å². The highest BCUT2D eigenvalue weighted by atomic mass is 16.6. The van der Waals surface area contributed by atoms with E-state index in [0.29, 0.717) is 24.7 Å². The molecule has 0 radical (unpaired) electrons. The summed E-state index contributed by atoms with van der Waals surface area (Å²) in [5.41, 5.74) is 0.700. The zero-order valence-electron chi connectivity index (χ0n) is 11.1. The van der Waals surface area contributed by atoms with Gasteiger partial charge in [-0.25, -0.2) is 0 Å². The van der Waals surface area contributed by atoms with E-state index in [1.54, 1.807) is 12.1 Å². The van der Waals surface area contributed by atoms with Gasteiger partial charge in [0, 0.05) is 30.9 Å². The minimum Gasteiger partial charge on any atom is -0.481 e. The number of nitro benzene ring substituents is 1. The maximum atomic E-state index is 10.8. The molecule has 1 aromatic carbocycles. The van der Waals surface area contributed by atoms with Crippen molar-refractivity contribution in [3.63, 3.8) is 0 Å². The zero-order chi connectivity index (χ0) is 14.4. The molecule has 1 aromatic rings. The zero-order valence-corrected chi connectivity index (χ0v) is 11.1. The lowest BCUT2D eigenvalue weighted by atomic mass is 10.1. The molecule has 104 valence electrons. The molecule has 0 saturated heterocycles. The summed E-state index contributed by atoms with van der Waals surface area (Å²) in [7, 11) is 0. The summed E-state index contributed by atoms with van der Waals surface area (Å²) in [5, 5.41) is 19.5. The van der Waals surface area contributed by atoms with E-state index in [4.69, 9.17) is 5.11 Å². The Labute approximate surface area is 111 Å². The predicted octanol–water partition coefficient (Wildman–Crippen LogP) is 2.53. The standard InChI is InChI=1S/C13H18N2O4/c1-10(2)9-14(7-6-13(16)17)11-4-3-5-12(8-11)15(18)19/h3-5,8,10H,6-7,9H2,1-2H3,(H,16,17). The highest BCUT2D eigenvalue weighted by molar-refractivity contribution is 5.67. The highest BCUT2D eigenvalue weighted by Gasteiger charge is 2.13. The van der Waals surface area contributed by atoms with Crippen molar-refractivity contribution in [2.75, 3.05) is 18.0 Å². The fourth-order valence-electron chi connectivity index (χ4n) is 1.80. The summed E-state index contributed by atoms with van der Waals surface area (Å²) in [6.45, 7) is 5.04. The maximum absolute atomic E-state index is 10.8. The van der Waals surface area contributed by atoms with E-state index in [1.807, 2.05) is 18.7 Å². The molecule has 0 aliphatic heterocycles. The van der Waals surface area contributed by atoms with Crippen LogP contribution in [0.15, 0.2) is 24.3 Å². The van der Waals surface area contributed by atoms with Crippen molar-refractivity contribution < 1.29 is 14.8 Å². The van der Waals surface area contributed by atoms with Gasteiger partial charge in [-0.15, -0.1) is 0 Å². The van der Waals surface area contributed by atoms with Gasteiger partial charge < -0.3 is 10.0 Å². The third-order valence-corrected chi connectivity index (χ3v) is 2.59. The molecule has 19 heavy (non-hydrogen) atoms. The molecule has 0 fully saturated rings. The molecular weight excluding hydrogens is 248 g/mol. The molecule has 0 bridgehead atoms. The van der Waals surface area contributed by atoms with Crippen molar-refractivity contribution in [3.8, 4) is 0 Å². The summed E-state index contributed by atoms with van der Waals surface area (Å²) in [4.78, 5) is 22.8. The molecule has 0 unspecified atom stereocenters. The number of rotatable bonds is 7. The molecule has 1 rings (SSSR count). The van der Waals surface area contributed by atoms with Crippen molar-refractivity contribution >= 4 is 17.3 Å². The highest BCUT2D eigenvalue weighted by Crippen LogP contribution is 2.22. The van der Waals surface area contributed by atoms with Gasteiger partial charge in [0.15, 0.2) is 0 Å². The van der Waals surface area contributed by atoms with Crippen LogP contribution in [-0.2, 0) is 4.79 Å². The van der Waals surface area contributed by atoms with Gasteiger partial charge in [0.05, 0.1) is 11.3 Å². The number of anilines is 1. The molecule has 0 aliphatic rings. The van der Waals surface area contributed by atoms with Crippen molar-refractivity contribution in [3.05, 3.63) is 34.4 Å². The predicted molar refractivity (Wildman–Crippen MR) is 72.4 cm³/mol. The fraction of sp³-hybridized carbons (Fsp3) is 0.462. The molecule has 6 heteroatoms. The Hall–Kier alpha value is -2.11. The second-order valence-electron chi connectivity index (χ2n) is 4.76. The number of hydrogen-bond acceptors (Lipinski definition) is 4. The van der Waals surface area contributed by atoms with Gasteiger partial charge in [-0.3, -0.25) is 14.9 Å². The Balaban J connectivity index is 2.92. The largest absolute Gasteiger partial charge is 0.481 e. The summed E-state index contributed by atoms with van der Waals surface area (Å²) in [5.74, 6) is -0.535. The minimum absolute atomic E-state index is 0.00934. The Kier molecular flexibility index (Phi) is 5.29. The smallest absolute Gasteiger partial charge is 0.305 e. The molecular formula is C13H18N2O4. The number of nitro groups is 1. The maximum Gasteiger partial charge on any atom is 0.305 e. The van der Waals surface area contributed by atoms with Crippen LogP contribution in [0.1, 0.15) is 20.3 Å². The van der Waals surface area contributed by atoms with Gasteiger partial charge in [0.1, 0.15) is 0 Å². The van der Waals surface area contributed by atoms with Gasteiger partial charge in [-0.1, -0.05) is 19.9 Å². The van der Waals surface area contributed by atoms with Gasteiger partial charge in [-0.05, 0) is 12.0 Å². The topological polar surface area (TPSA) is 83.7 Å². The lowest BCUT2D eigenvalue weighted by Gasteiger charge is -2.26. The van der Waals surface area contributed by atoms with Crippen LogP contribution in [0.4, 0.5) is 11.4 Å². The van der Waals surface area contributed by atoms with E-state index in [1.165, 1.54) is 12.1 Å². The summed E-state index contributed by atoms with van der Waals surface area (Å²) < 4.78 is 0. The summed E-state index contributed by atoms with van der Waals surface area (Å²) in [6, 6.07) is 6.28. The summed E-state index contributed by atoms with van der Waals surface area (Å²) in [6.07, 6.45) is 0.00934. The average Bonchev–Trinajstić information content (AvgIpc) is 2.34. The van der Waals surface area contributed by atoms with Crippen molar-refractivity contribution in [1.29, 1.82) is 0 Å². The Morgan fingerprint density at radius 3 is 2.68 bits per heavy atom. The molecule has 0 aromatic heterocycles. The van der Waals surface area contributed by atoms with Crippen molar-refractivity contribution in [2.24, 2.45) is 5.92 Å². The number of carboxylic acid groups (broad SMARTS) is 1. The summed E-state index contributed by atoms with van der Waals surface area (Å²) >= 11 is 0. The third kappa shape index (κ3) is 4.95. The number of hydrogen-bond donors (Lipinski definition) is 1. The number of carboxylic acids is 1. The van der Waals surface area contributed by atoms with Gasteiger partial charge in [0.2, 0.25) is 0 Å². The quantitative estimate of drug-likeness (QED) is 0.605. The van der Waals surface area contributed by atoms with Crippen LogP contribution >= 0.6 is 0 Å². The number of nitrogens with zero attached hydrogens (tertiary/aromatic N) is 2. The molecule has 6 nitrogen and oxygen atoms in total. The number of benzene rings is 1. The second-order valence-corrected chi connectivity index (χ2v) is 4.76. The van der Waals surface area contributed by atoms with Crippen LogP contribution in [0, 0.1) is 16.0 Å². The first-order valence-electron chi connectivity index (χ1n) is 6.11. The first-order valence-corrected chi connectivity index (χ1v) is 6.11. The first-order chi connectivity index (χ1) is 8.90.